The van der Waals surface area contributed by atoms with Crippen molar-refractivity contribution in [2.45, 2.75) is 32.9 Å². The summed E-state index contributed by atoms with van der Waals surface area (Å²) in [6.07, 6.45) is 7.85. The molecule has 1 atom stereocenters. The Morgan fingerprint density at radius 1 is 1.00 bits per heavy atom. The number of nitrogens with zero attached hydrogens (tertiary/aromatic N) is 9. The Balaban J connectivity index is -0.000000253. The van der Waals surface area contributed by atoms with Gasteiger partial charge in [-0.05, 0) is 153 Å². The van der Waals surface area contributed by atoms with Crippen LogP contribution in [0.1, 0.15) is 42.2 Å². The van der Waals surface area contributed by atoms with Crippen LogP contribution >= 0.6 is 24.2 Å². The normalized spacial score (nSPS) is 12.0. The molecule has 0 saturated carbocycles. The van der Waals surface area contributed by atoms with E-state index in [1.54, 1.807) is 29.9 Å². The highest BCUT2D eigenvalue weighted by Gasteiger charge is 2.32. The second-order valence-electron chi connectivity index (χ2n) is 12.0. The lowest BCUT2D eigenvalue weighted by Crippen LogP contribution is -2.39. The number of rotatable bonds is 9. The van der Waals surface area contributed by atoms with Crippen molar-refractivity contribution < 1.29 is 46.7 Å². The van der Waals surface area contributed by atoms with Crippen molar-refractivity contribution in [2.75, 3.05) is 26.9 Å². The highest BCUT2D eigenvalue weighted by atomic mass is 32.1. The van der Waals surface area contributed by atoms with Crippen molar-refractivity contribution in [3.8, 4) is 137 Å². The molecular formula is C46H48N10O8S2. The maximum Gasteiger partial charge on any atom is 0.352 e. The molecule has 0 bridgehead atoms. The first-order chi connectivity index (χ1) is 32.4. The third kappa shape index (κ3) is 15.5. The summed E-state index contributed by atoms with van der Waals surface area (Å²) in [6, 6.07) is 7.70. The van der Waals surface area contributed by atoms with E-state index in [0.29, 0.717) is 38.5 Å². The van der Waals surface area contributed by atoms with E-state index >= 15 is 0 Å². The minimum absolute atomic E-state index is 0. The van der Waals surface area contributed by atoms with Gasteiger partial charge in [-0.3, -0.25) is 9.36 Å². The second kappa shape index (κ2) is 28.7. The standard InChI is InChI=1S/C23H23N5O4S.C23H4.H3N5O4S.9H2/c1-31-16-4-2-14(3-5-16)10-27-22-19(20-24-13-25-28(20)23(27)30)17-6-8-26(11-18(17)33-22)21(29)15-7-9-32-12-15;1-3-5-7-9-11-13-15-17-19-21-23-22-20-18-16-14-12-10-8-6-4-2;1-2-3-4-5(7-6)8-9-10;;;;;;;;;/h2-5,13,15H,6-12H2,1H3;1H,2H3;1,6,10H;9*1H/b;;2-1?,4-3+;;;;;;;;;/t15-;;;;;;;;;;;/m1.........../s1. The highest BCUT2D eigenvalue weighted by Crippen LogP contribution is 2.37. The number of aromatic nitrogens is 4. The second-order valence-corrected chi connectivity index (χ2v) is 13.2. The number of ether oxygens (including phenoxy) is 2. The van der Waals surface area contributed by atoms with Crippen molar-refractivity contribution in [1.82, 2.24) is 29.4 Å². The molecule has 1 saturated heterocycles. The van der Waals surface area contributed by atoms with Gasteiger partial charge in [0.15, 0.2) is 5.65 Å². The molecule has 2 aliphatic heterocycles. The molecule has 1 amide bonds. The van der Waals surface area contributed by atoms with Gasteiger partial charge in [0.2, 0.25) is 5.91 Å². The Morgan fingerprint density at radius 3 is 2.12 bits per heavy atom. The molecule has 5 heterocycles. The molecule has 1 aromatic carbocycles. The molecule has 342 valence electrons. The number of thiol groups is 1. The number of methoxy groups -OCH3 is 1. The van der Waals surface area contributed by atoms with Gasteiger partial charge < -0.3 is 14.4 Å². The third-order valence-corrected chi connectivity index (χ3v) is 9.51. The van der Waals surface area contributed by atoms with Gasteiger partial charge in [0, 0.05) is 72.7 Å². The summed E-state index contributed by atoms with van der Waals surface area (Å²) in [5.74, 6) is 52.8. The van der Waals surface area contributed by atoms with E-state index in [1.165, 1.54) is 16.4 Å². The summed E-state index contributed by atoms with van der Waals surface area (Å²) < 4.78 is 17.5. The lowest BCUT2D eigenvalue weighted by molar-refractivity contribution is -0.572. The van der Waals surface area contributed by atoms with E-state index in [2.05, 4.69) is 177 Å². The summed E-state index contributed by atoms with van der Waals surface area (Å²) in [6.45, 7) is 4.49. The van der Waals surface area contributed by atoms with E-state index in [1.807, 2.05) is 29.2 Å². The van der Waals surface area contributed by atoms with Crippen LogP contribution < -0.4 is 10.4 Å². The Kier molecular flexibility index (Phi) is 21.6. The van der Waals surface area contributed by atoms with Crippen LogP contribution in [0.3, 0.4) is 0 Å². The lowest BCUT2D eigenvalue weighted by atomic mass is 10.0. The van der Waals surface area contributed by atoms with Gasteiger partial charge in [-0.25, -0.2) is 15.0 Å². The molecule has 18 nitrogen and oxygen atoms in total. The van der Waals surface area contributed by atoms with Crippen molar-refractivity contribution in [2.24, 2.45) is 21.6 Å². The zero-order valence-corrected chi connectivity index (χ0v) is 36.4. The molecule has 2 N–H and O–H groups in total. The van der Waals surface area contributed by atoms with Crippen LogP contribution in [-0.2, 0) is 43.4 Å². The Hall–Kier alpha value is -8.89. The largest absolute Gasteiger partial charge is 0.497 e. The van der Waals surface area contributed by atoms with Gasteiger partial charge >= 0.3 is 5.69 Å². The molecule has 66 heavy (non-hydrogen) atoms. The average Bonchev–Trinajstić information content (AvgIpc) is 4.14. The molecular weight excluding hydrogens is 885 g/mol. The molecule has 3 aromatic heterocycles. The fourth-order valence-corrected chi connectivity index (χ4v) is 6.95. The number of hydrogen-bond acceptors (Lipinski definition) is 14. The fourth-order valence-electron chi connectivity index (χ4n) is 5.55. The topological polar surface area (TPSA) is 203 Å². The summed E-state index contributed by atoms with van der Waals surface area (Å²) >= 11 is 4.68. The van der Waals surface area contributed by atoms with E-state index in [9.17, 15) is 9.59 Å². The van der Waals surface area contributed by atoms with Crippen LogP contribution in [0.15, 0.2) is 51.1 Å². The molecule has 0 unspecified atom stereocenters. The van der Waals surface area contributed by atoms with Crippen molar-refractivity contribution in [1.29, 1.82) is 5.53 Å². The summed E-state index contributed by atoms with van der Waals surface area (Å²) in [5, 5.41) is 20.9. The van der Waals surface area contributed by atoms with Crippen LogP contribution in [0.2, 0.25) is 0 Å². The number of benzene rings is 1. The van der Waals surface area contributed by atoms with Gasteiger partial charge in [0.1, 0.15) is 16.9 Å². The molecule has 0 spiro atoms. The molecule has 6 rings (SSSR count). The smallest absolute Gasteiger partial charge is 0.352 e. The van der Waals surface area contributed by atoms with Crippen LogP contribution in [0.25, 0.3) is 15.9 Å². The number of amides is 1. The molecule has 1 fully saturated rings. The minimum Gasteiger partial charge on any atom is -0.497 e. The maximum atomic E-state index is 13.3. The summed E-state index contributed by atoms with van der Waals surface area (Å²) in [5.41, 5.74) is 8.61. The summed E-state index contributed by atoms with van der Waals surface area (Å²) in [4.78, 5) is 41.8. The Bertz CT molecular complexity index is 3270. The predicted octanol–water partition coefficient (Wildman–Crippen LogP) is 5.69. The zero-order chi connectivity index (χ0) is 47.2. The molecule has 4 aromatic rings. The van der Waals surface area contributed by atoms with E-state index in [4.69, 9.17) is 26.7 Å². The molecule has 0 aliphatic carbocycles. The molecule has 2 aliphatic rings. The maximum absolute atomic E-state index is 13.3. The van der Waals surface area contributed by atoms with Gasteiger partial charge in [0.25, 0.3) is 0 Å². The number of carbonyl (C=O) groups excluding carboxylic acids is 1. The Labute approximate surface area is 401 Å². The molecule has 0 radical (unpaired) electrons. The fraction of sp³-hybridized carbons (Fsp3) is 0.217. The zero-order valence-electron chi connectivity index (χ0n) is 34.7. The number of fused-ring (bicyclic) bond motifs is 5. The van der Waals surface area contributed by atoms with Gasteiger partial charge in [-0.15, -0.1) is 22.1 Å². The van der Waals surface area contributed by atoms with Crippen molar-refractivity contribution in [3.63, 3.8) is 0 Å². The number of nitrogens with one attached hydrogen (secondary N) is 1. The Morgan fingerprint density at radius 2 is 1.61 bits per heavy atom. The van der Waals surface area contributed by atoms with E-state index in [-0.39, 0.29) is 35.7 Å². The number of carbonyl (C=O) groups is 1. The average molecular weight is 933 g/mol. The first-order valence-corrected chi connectivity index (χ1v) is 19.7. The number of thiophene rings is 1. The monoisotopic (exact) mass is 932 g/mol. The van der Waals surface area contributed by atoms with Gasteiger partial charge in [0.05, 0.1) is 43.4 Å². The van der Waals surface area contributed by atoms with Crippen molar-refractivity contribution in [3.05, 3.63) is 57.1 Å². The van der Waals surface area contributed by atoms with Crippen molar-refractivity contribution >= 4 is 46.0 Å². The molecule has 20 heteroatoms. The van der Waals surface area contributed by atoms with Gasteiger partial charge in [-0.1, -0.05) is 23.0 Å². The van der Waals surface area contributed by atoms with Gasteiger partial charge in [-0.2, -0.15) is 15.1 Å². The predicted molar refractivity (Wildman–Crippen MR) is 261 cm³/mol. The van der Waals surface area contributed by atoms with Crippen LogP contribution in [0.5, 0.6) is 5.75 Å². The quantitative estimate of drug-likeness (QED) is 0.0465. The SMILES string of the molecule is C#CC#CC#CC#CC#CC#CC#CC#CC#CC#CC#CC.COc1ccc(Cn2c(=O)n3ncnc3c3c4c(sc32)CN(C(=O)[C@@H]2CCOC2)CC4)cc1.N=N/N=N/N(OO)OOS.[HH].[HH].[HH].[HH].[HH].[HH].[HH].[HH].[HH]. The minimum atomic E-state index is -0.222. The summed E-state index contributed by atoms with van der Waals surface area (Å²) in [7, 11) is 1.63. The number of terminal acetylenes is 1. The van der Waals surface area contributed by atoms with Crippen LogP contribution in [0, 0.1) is 142 Å². The first kappa shape index (κ1) is 49.8. The number of hydrogen-bond donors (Lipinski definition) is 3. The lowest BCUT2D eigenvalue weighted by Gasteiger charge is -2.28. The van der Waals surface area contributed by atoms with E-state index < -0.39 is 0 Å². The highest BCUT2D eigenvalue weighted by molar-refractivity contribution is 7.74. The van der Waals surface area contributed by atoms with E-state index in [0.717, 1.165) is 39.2 Å². The third-order valence-electron chi connectivity index (χ3n) is 8.20. The van der Waals surface area contributed by atoms with Crippen LogP contribution in [-0.4, -0.2) is 67.4 Å². The first-order valence-electron chi connectivity index (χ1n) is 18.5. The van der Waals surface area contributed by atoms with Crippen LogP contribution in [0.4, 0.5) is 0 Å².